The van der Waals surface area contributed by atoms with Gasteiger partial charge in [-0.1, -0.05) is 19.1 Å². The summed E-state index contributed by atoms with van der Waals surface area (Å²) in [6, 6.07) is 6.53. The highest BCUT2D eigenvalue weighted by Crippen LogP contribution is 2.24. The van der Waals surface area contributed by atoms with E-state index in [1.807, 2.05) is 0 Å². The first-order chi connectivity index (χ1) is 9.79. The molecule has 0 N–H and O–H groups in total. The van der Waals surface area contributed by atoms with Gasteiger partial charge in [0, 0.05) is 5.56 Å². The predicted molar refractivity (Wildman–Crippen MR) is 82.3 cm³/mol. The van der Waals surface area contributed by atoms with Gasteiger partial charge in [0.2, 0.25) is 0 Å². The molecule has 1 fully saturated rings. The number of carbonyl (C=O) groups is 1. The van der Waals surface area contributed by atoms with Crippen LogP contribution in [0.4, 0.5) is 0 Å². The Bertz CT molecular complexity index is 488. The Labute approximate surface area is 122 Å². The number of Topliss-reactive ketones (excluding diaryl/α,β-unsaturated/α-hetero) is 1. The SMILES string of the molecule is CC[C@@H](C(=O)c1ccc2c(c1)CCCC2)N1CCCC1. The van der Waals surface area contributed by atoms with Crippen molar-refractivity contribution in [3.05, 3.63) is 34.9 Å². The zero-order valence-corrected chi connectivity index (χ0v) is 12.5. The van der Waals surface area contributed by atoms with E-state index in [1.165, 1.54) is 43.2 Å². The molecular formula is C18H25NO. The first kappa shape index (κ1) is 13.8. The van der Waals surface area contributed by atoms with E-state index in [9.17, 15) is 4.79 Å². The smallest absolute Gasteiger partial charge is 0.179 e. The molecule has 1 aliphatic carbocycles. The summed E-state index contributed by atoms with van der Waals surface area (Å²) in [6.45, 7) is 4.32. The molecule has 1 heterocycles. The van der Waals surface area contributed by atoms with Gasteiger partial charge in [-0.15, -0.1) is 0 Å². The Morgan fingerprint density at radius 2 is 1.80 bits per heavy atom. The van der Waals surface area contributed by atoms with Gasteiger partial charge in [0.1, 0.15) is 0 Å². The molecule has 108 valence electrons. The van der Waals surface area contributed by atoms with Gasteiger partial charge in [0.15, 0.2) is 5.78 Å². The van der Waals surface area contributed by atoms with Gasteiger partial charge < -0.3 is 0 Å². The monoisotopic (exact) mass is 271 g/mol. The number of fused-ring (bicyclic) bond motifs is 1. The summed E-state index contributed by atoms with van der Waals surface area (Å²) in [6.07, 6.45) is 8.32. The van der Waals surface area contributed by atoms with Crippen molar-refractivity contribution < 1.29 is 4.79 Å². The number of likely N-dealkylation sites (tertiary alicyclic amines) is 1. The van der Waals surface area contributed by atoms with E-state index < -0.39 is 0 Å². The Morgan fingerprint density at radius 1 is 1.10 bits per heavy atom. The first-order valence-electron chi connectivity index (χ1n) is 8.19. The number of aryl methyl sites for hydroxylation is 2. The molecule has 1 aromatic rings. The zero-order valence-electron chi connectivity index (χ0n) is 12.5. The van der Waals surface area contributed by atoms with Crippen LogP contribution in [0, 0.1) is 0 Å². The molecular weight excluding hydrogens is 246 g/mol. The zero-order chi connectivity index (χ0) is 13.9. The fraction of sp³-hybridized carbons (Fsp3) is 0.611. The predicted octanol–water partition coefficient (Wildman–Crippen LogP) is 3.62. The summed E-state index contributed by atoms with van der Waals surface area (Å²) in [4.78, 5) is 15.2. The average molecular weight is 271 g/mol. The molecule has 0 spiro atoms. The first-order valence-corrected chi connectivity index (χ1v) is 8.19. The summed E-state index contributed by atoms with van der Waals surface area (Å²) in [5.41, 5.74) is 3.81. The molecule has 0 amide bonds. The van der Waals surface area contributed by atoms with Gasteiger partial charge in [-0.05, 0) is 75.2 Å². The standard InChI is InChI=1S/C18H25NO/c1-2-17(19-11-5-6-12-19)18(20)16-10-9-14-7-3-4-8-15(14)13-16/h9-10,13,17H,2-8,11-12H2,1H3/t17-/m0/s1. The Morgan fingerprint density at radius 3 is 2.50 bits per heavy atom. The maximum Gasteiger partial charge on any atom is 0.179 e. The van der Waals surface area contributed by atoms with Crippen LogP contribution in [0.15, 0.2) is 18.2 Å². The number of benzene rings is 1. The van der Waals surface area contributed by atoms with Crippen molar-refractivity contribution in [1.82, 2.24) is 4.90 Å². The lowest BCUT2D eigenvalue weighted by Crippen LogP contribution is -2.38. The summed E-state index contributed by atoms with van der Waals surface area (Å²) < 4.78 is 0. The van der Waals surface area contributed by atoms with Crippen LogP contribution in [0.3, 0.4) is 0 Å². The van der Waals surface area contributed by atoms with E-state index >= 15 is 0 Å². The second-order valence-corrected chi connectivity index (χ2v) is 6.22. The van der Waals surface area contributed by atoms with Crippen LogP contribution < -0.4 is 0 Å². The van der Waals surface area contributed by atoms with Crippen molar-refractivity contribution in [2.75, 3.05) is 13.1 Å². The van der Waals surface area contributed by atoms with Crippen LogP contribution >= 0.6 is 0 Å². The lowest BCUT2D eigenvalue weighted by molar-refractivity contribution is 0.0844. The van der Waals surface area contributed by atoms with E-state index in [4.69, 9.17) is 0 Å². The highest BCUT2D eigenvalue weighted by Gasteiger charge is 2.27. The fourth-order valence-electron chi connectivity index (χ4n) is 3.74. The van der Waals surface area contributed by atoms with Gasteiger partial charge in [0.05, 0.1) is 6.04 Å². The third-order valence-corrected chi connectivity index (χ3v) is 4.90. The molecule has 3 rings (SSSR count). The van der Waals surface area contributed by atoms with Gasteiger partial charge in [0.25, 0.3) is 0 Å². The van der Waals surface area contributed by atoms with Crippen molar-refractivity contribution in [2.45, 2.75) is 57.9 Å². The van der Waals surface area contributed by atoms with Crippen molar-refractivity contribution in [3.63, 3.8) is 0 Å². The van der Waals surface area contributed by atoms with E-state index in [1.54, 1.807) is 0 Å². The van der Waals surface area contributed by atoms with Crippen LogP contribution in [0.25, 0.3) is 0 Å². The summed E-state index contributed by atoms with van der Waals surface area (Å²) >= 11 is 0. The van der Waals surface area contributed by atoms with Crippen LogP contribution in [-0.4, -0.2) is 29.8 Å². The Hall–Kier alpha value is -1.15. The van der Waals surface area contributed by atoms with Crippen molar-refractivity contribution in [3.8, 4) is 0 Å². The van der Waals surface area contributed by atoms with Gasteiger partial charge in [-0.25, -0.2) is 0 Å². The lowest BCUT2D eigenvalue weighted by Gasteiger charge is -2.25. The molecule has 20 heavy (non-hydrogen) atoms. The molecule has 2 nitrogen and oxygen atoms in total. The third kappa shape index (κ3) is 2.67. The van der Waals surface area contributed by atoms with E-state index in [0.29, 0.717) is 5.78 Å². The number of hydrogen-bond donors (Lipinski definition) is 0. The second kappa shape index (κ2) is 6.09. The van der Waals surface area contributed by atoms with Crippen LogP contribution in [0.2, 0.25) is 0 Å². The van der Waals surface area contributed by atoms with Gasteiger partial charge in [-0.2, -0.15) is 0 Å². The molecule has 2 aliphatic rings. The maximum atomic E-state index is 12.8. The molecule has 2 heteroatoms. The molecule has 0 radical (unpaired) electrons. The largest absolute Gasteiger partial charge is 0.293 e. The molecule has 1 aromatic carbocycles. The van der Waals surface area contributed by atoms with Gasteiger partial charge in [-0.3, -0.25) is 9.69 Å². The number of rotatable bonds is 4. The van der Waals surface area contributed by atoms with E-state index in [0.717, 1.165) is 31.5 Å². The van der Waals surface area contributed by atoms with Crippen LogP contribution in [-0.2, 0) is 12.8 Å². The summed E-state index contributed by atoms with van der Waals surface area (Å²) in [5.74, 6) is 0.336. The van der Waals surface area contributed by atoms with E-state index in [-0.39, 0.29) is 6.04 Å². The van der Waals surface area contributed by atoms with Gasteiger partial charge >= 0.3 is 0 Å². The number of carbonyl (C=O) groups excluding carboxylic acids is 1. The summed E-state index contributed by atoms with van der Waals surface area (Å²) in [7, 11) is 0. The Kier molecular flexibility index (Phi) is 4.21. The van der Waals surface area contributed by atoms with Crippen LogP contribution in [0.5, 0.6) is 0 Å². The minimum Gasteiger partial charge on any atom is -0.293 e. The molecule has 0 aromatic heterocycles. The highest BCUT2D eigenvalue weighted by molar-refractivity contribution is 6.00. The summed E-state index contributed by atoms with van der Waals surface area (Å²) in [5, 5.41) is 0. The van der Waals surface area contributed by atoms with Crippen molar-refractivity contribution >= 4 is 5.78 Å². The molecule has 0 saturated carbocycles. The lowest BCUT2D eigenvalue weighted by atomic mass is 9.88. The number of nitrogens with zero attached hydrogens (tertiary/aromatic N) is 1. The molecule has 0 unspecified atom stereocenters. The maximum absolute atomic E-state index is 12.8. The molecule has 1 atom stereocenters. The number of hydrogen-bond acceptors (Lipinski definition) is 2. The minimum atomic E-state index is 0.0964. The molecule has 0 bridgehead atoms. The van der Waals surface area contributed by atoms with Crippen molar-refractivity contribution in [2.24, 2.45) is 0 Å². The molecule has 1 aliphatic heterocycles. The number of ketones is 1. The van der Waals surface area contributed by atoms with E-state index in [2.05, 4.69) is 30.0 Å². The van der Waals surface area contributed by atoms with Crippen LogP contribution in [0.1, 0.15) is 60.5 Å². The highest BCUT2D eigenvalue weighted by atomic mass is 16.1. The second-order valence-electron chi connectivity index (χ2n) is 6.22. The molecule has 1 saturated heterocycles. The topological polar surface area (TPSA) is 20.3 Å². The average Bonchev–Trinajstić information content (AvgIpc) is 3.01. The quantitative estimate of drug-likeness (QED) is 0.780. The minimum absolute atomic E-state index is 0.0964. The normalized spacial score (nSPS) is 20.6. The van der Waals surface area contributed by atoms with Crippen molar-refractivity contribution in [1.29, 1.82) is 0 Å². The fourth-order valence-corrected chi connectivity index (χ4v) is 3.74. The Balaban J connectivity index is 1.81. The third-order valence-electron chi connectivity index (χ3n) is 4.90.